The van der Waals surface area contributed by atoms with Gasteiger partial charge in [0.2, 0.25) is 10.0 Å². The molecule has 0 aromatic heterocycles. The van der Waals surface area contributed by atoms with Gasteiger partial charge in [-0.15, -0.1) is 3.89 Å². The van der Waals surface area contributed by atoms with Gasteiger partial charge in [0.1, 0.15) is 0 Å². The van der Waals surface area contributed by atoms with E-state index in [1.165, 1.54) is 11.4 Å². The van der Waals surface area contributed by atoms with Gasteiger partial charge in [-0.3, -0.25) is 0 Å². The van der Waals surface area contributed by atoms with Crippen molar-refractivity contribution in [2.45, 2.75) is 29.2 Å². The molecule has 0 aliphatic rings. The molecule has 21 heavy (non-hydrogen) atoms. The molecule has 0 aliphatic heterocycles. The van der Waals surface area contributed by atoms with Crippen molar-refractivity contribution in [3.8, 4) is 0 Å². The summed E-state index contributed by atoms with van der Waals surface area (Å²) in [6, 6.07) is 3.94. The molecule has 120 valence electrons. The van der Waals surface area contributed by atoms with Crippen molar-refractivity contribution < 1.29 is 20.7 Å². The first-order valence-electron chi connectivity index (χ1n) is 6.16. The first-order chi connectivity index (χ1) is 9.64. The average Bonchev–Trinajstić information content (AvgIpc) is 2.43. The molecular weight excluding hydrogens is 337 g/mol. The van der Waals surface area contributed by atoms with Crippen LogP contribution in [-0.4, -0.2) is 46.2 Å². The Kier molecular flexibility index (Phi) is 6.21. The molecule has 0 aliphatic carbocycles. The van der Waals surface area contributed by atoms with Crippen LogP contribution in [0.2, 0.25) is 0 Å². The van der Waals surface area contributed by atoms with E-state index in [1.54, 1.807) is 11.8 Å². The molecular formula is C12H18FNO4S3. The molecule has 0 N–H and O–H groups in total. The lowest BCUT2D eigenvalue weighted by molar-refractivity contribution is 0.385. The summed E-state index contributed by atoms with van der Waals surface area (Å²) < 4.78 is 60.4. The number of hydrogen-bond donors (Lipinski definition) is 0. The molecule has 1 aromatic carbocycles. The molecule has 1 unspecified atom stereocenters. The molecule has 0 fully saturated rings. The van der Waals surface area contributed by atoms with Crippen molar-refractivity contribution in [2.75, 3.05) is 19.1 Å². The summed E-state index contributed by atoms with van der Waals surface area (Å²) in [5.74, 6) is 0.656. The zero-order valence-electron chi connectivity index (χ0n) is 12.0. The highest BCUT2D eigenvalue weighted by atomic mass is 32.3. The summed E-state index contributed by atoms with van der Waals surface area (Å²) in [5.41, 5.74) is 0. The fraction of sp³-hybridized carbons (Fsp3) is 0.500. The Labute approximate surface area is 129 Å². The van der Waals surface area contributed by atoms with Crippen LogP contribution in [0, 0.1) is 0 Å². The van der Waals surface area contributed by atoms with Crippen LogP contribution in [0.15, 0.2) is 34.1 Å². The van der Waals surface area contributed by atoms with Gasteiger partial charge in [0, 0.05) is 18.8 Å². The topological polar surface area (TPSA) is 71.5 Å². The van der Waals surface area contributed by atoms with Gasteiger partial charge in [-0.2, -0.15) is 24.5 Å². The SMILES string of the molecule is CCC(CSC)N(C)S(=O)(=O)c1ccc(S(=O)(=O)F)cc1. The van der Waals surface area contributed by atoms with Crippen molar-refractivity contribution in [2.24, 2.45) is 0 Å². The quantitative estimate of drug-likeness (QED) is 0.701. The van der Waals surface area contributed by atoms with E-state index >= 15 is 0 Å². The Bertz CT molecular complexity index is 671. The third kappa shape index (κ3) is 4.41. The molecule has 5 nitrogen and oxygen atoms in total. The molecule has 0 saturated carbocycles. The van der Waals surface area contributed by atoms with Crippen LogP contribution in [0.5, 0.6) is 0 Å². The van der Waals surface area contributed by atoms with Crippen LogP contribution in [0.4, 0.5) is 3.89 Å². The second-order valence-corrected chi connectivity index (χ2v) is 8.70. The molecule has 0 bridgehead atoms. The van der Waals surface area contributed by atoms with E-state index in [9.17, 15) is 20.7 Å². The fourth-order valence-corrected chi connectivity index (χ4v) is 4.64. The summed E-state index contributed by atoms with van der Waals surface area (Å²) in [6.45, 7) is 1.89. The van der Waals surface area contributed by atoms with Gasteiger partial charge >= 0.3 is 10.2 Å². The average molecular weight is 355 g/mol. The van der Waals surface area contributed by atoms with Crippen molar-refractivity contribution in [3.05, 3.63) is 24.3 Å². The predicted octanol–water partition coefficient (Wildman–Crippen LogP) is 2.11. The molecule has 0 spiro atoms. The number of benzene rings is 1. The summed E-state index contributed by atoms with van der Waals surface area (Å²) in [7, 11) is -7.07. The van der Waals surface area contributed by atoms with Gasteiger partial charge in [-0.1, -0.05) is 6.92 Å². The number of rotatable bonds is 7. The second kappa shape index (κ2) is 7.08. The largest absolute Gasteiger partial charge is 0.332 e. The highest BCUT2D eigenvalue weighted by molar-refractivity contribution is 7.98. The van der Waals surface area contributed by atoms with Crippen molar-refractivity contribution in [3.63, 3.8) is 0 Å². The molecule has 1 rings (SSSR count). The third-order valence-electron chi connectivity index (χ3n) is 3.13. The molecule has 0 heterocycles. The van der Waals surface area contributed by atoms with E-state index in [2.05, 4.69) is 0 Å². The van der Waals surface area contributed by atoms with E-state index in [-0.39, 0.29) is 10.9 Å². The van der Waals surface area contributed by atoms with Gasteiger partial charge in [-0.05, 0) is 36.9 Å². The van der Waals surface area contributed by atoms with Crippen molar-refractivity contribution in [1.29, 1.82) is 0 Å². The van der Waals surface area contributed by atoms with Crippen LogP contribution >= 0.6 is 11.8 Å². The Morgan fingerprint density at radius 1 is 1.14 bits per heavy atom. The number of nitrogens with zero attached hydrogens (tertiary/aromatic N) is 1. The lowest BCUT2D eigenvalue weighted by Gasteiger charge is -2.26. The molecule has 9 heteroatoms. The lowest BCUT2D eigenvalue weighted by atomic mass is 10.3. The van der Waals surface area contributed by atoms with Crippen LogP contribution < -0.4 is 0 Å². The van der Waals surface area contributed by atoms with Crippen LogP contribution in [0.1, 0.15) is 13.3 Å². The standard InChI is InChI=1S/C12H18FNO4S3/c1-4-10(9-19-3)14(2)21(17,18)12-7-5-11(6-8-12)20(13,15)16/h5-8,10H,4,9H2,1-3H3. The van der Waals surface area contributed by atoms with E-state index in [4.69, 9.17) is 0 Å². The number of halogens is 1. The number of hydrogen-bond acceptors (Lipinski definition) is 5. The molecule has 0 amide bonds. The second-order valence-electron chi connectivity index (χ2n) is 4.45. The zero-order valence-corrected chi connectivity index (χ0v) is 14.4. The monoisotopic (exact) mass is 355 g/mol. The summed E-state index contributed by atoms with van der Waals surface area (Å²) in [5, 5.41) is 0. The summed E-state index contributed by atoms with van der Waals surface area (Å²) in [6.07, 6.45) is 2.55. The van der Waals surface area contributed by atoms with Gasteiger partial charge < -0.3 is 0 Å². The molecule has 1 aromatic rings. The summed E-state index contributed by atoms with van der Waals surface area (Å²) >= 11 is 1.54. The Morgan fingerprint density at radius 3 is 2.00 bits per heavy atom. The molecule has 0 radical (unpaired) electrons. The minimum absolute atomic E-state index is 0.0584. The maximum absolute atomic E-state index is 12.8. The smallest absolute Gasteiger partial charge is 0.207 e. The first kappa shape index (κ1) is 18.4. The van der Waals surface area contributed by atoms with Crippen molar-refractivity contribution >= 4 is 32.0 Å². The Hall–Kier alpha value is -0.640. The van der Waals surface area contributed by atoms with Crippen molar-refractivity contribution in [1.82, 2.24) is 4.31 Å². The van der Waals surface area contributed by atoms with E-state index in [1.807, 2.05) is 13.2 Å². The predicted molar refractivity (Wildman–Crippen MR) is 82.1 cm³/mol. The normalized spacial score (nSPS) is 14.3. The van der Waals surface area contributed by atoms with Gasteiger partial charge in [0.15, 0.2) is 0 Å². The Balaban J connectivity index is 3.13. The zero-order chi connectivity index (χ0) is 16.3. The van der Waals surface area contributed by atoms with Crippen LogP contribution in [0.25, 0.3) is 0 Å². The van der Waals surface area contributed by atoms with E-state index in [0.29, 0.717) is 12.2 Å². The van der Waals surface area contributed by atoms with Gasteiger partial charge in [-0.25, -0.2) is 8.42 Å². The lowest BCUT2D eigenvalue weighted by Crippen LogP contribution is -2.38. The minimum Gasteiger partial charge on any atom is -0.207 e. The number of thioether (sulfide) groups is 1. The third-order valence-corrected chi connectivity index (χ3v) is 6.60. The fourth-order valence-electron chi connectivity index (χ4n) is 1.81. The van der Waals surface area contributed by atoms with Crippen LogP contribution in [-0.2, 0) is 20.2 Å². The van der Waals surface area contributed by atoms with Crippen LogP contribution in [0.3, 0.4) is 0 Å². The van der Waals surface area contributed by atoms with Gasteiger partial charge in [0.05, 0.1) is 9.79 Å². The van der Waals surface area contributed by atoms with E-state index < -0.39 is 25.1 Å². The maximum Gasteiger partial charge on any atom is 0.332 e. The maximum atomic E-state index is 12.8. The Morgan fingerprint density at radius 2 is 1.62 bits per heavy atom. The summed E-state index contributed by atoms with van der Waals surface area (Å²) in [4.78, 5) is -0.614. The molecule has 1 atom stereocenters. The molecule has 0 saturated heterocycles. The minimum atomic E-state index is -4.83. The highest BCUT2D eigenvalue weighted by Gasteiger charge is 2.27. The van der Waals surface area contributed by atoms with Gasteiger partial charge in [0.25, 0.3) is 0 Å². The van der Waals surface area contributed by atoms with E-state index in [0.717, 1.165) is 24.3 Å². The number of sulfonamides is 1. The highest BCUT2D eigenvalue weighted by Crippen LogP contribution is 2.22. The first-order valence-corrected chi connectivity index (χ1v) is 10.4.